The molecular formula is C13H23N3O. The van der Waals surface area contributed by atoms with Crippen LogP contribution in [0.4, 0.5) is 5.82 Å². The molecule has 0 aliphatic carbocycles. The molecule has 0 radical (unpaired) electrons. The van der Waals surface area contributed by atoms with Gasteiger partial charge in [-0.05, 0) is 26.7 Å². The minimum atomic E-state index is -0.192. The summed E-state index contributed by atoms with van der Waals surface area (Å²) in [5.74, 6) is 2.30. The van der Waals surface area contributed by atoms with Crippen molar-refractivity contribution in [1.29, 1.82) is 0 Å². The van der Waals surface area contributed by atoms with Gasteiger partial charge < -0.3 is 10.1 Å². The van der Waals surface area contributed by atoms with Crippen molar-refractivity contribution in [2.45, 2.75) is 52.6 Å². The fourth-order valence-electron chi connectivity index (χ4n) is 1.34. The van der Waals surface area contributed by atoms with Crippen LogP contribution in [0.1, 0.15) is 46.4 Å². The SMILES string of the molecule is CCCc1nc(NC)cc(OC(C)(C)CC)n1. The third kappa shape index (κ3) is 4.21. The molecule has 1 aromatic rings. The largest absolute Gasteiger partial charge is 0.472 e. The van der Waals surface area contributed by atoms with Crippen molar-refractivity contribution in [3.05, 3.63) is 11.9 Å². The summed E-state index contributed by atoms with van der Waals surface area (Å²) < 4.78 is 5.89. The Bertz CT molecular complexity index is 364. The van der Waals surface area contributed by atoms with Crippen LogP contribution in [0.25, 0.3) is 0 Å². The summed E-state index contributed by atoms with van der Waals surface area (Å²) in [6.45, 7) is 8.35. The van der Waals surface area contributed by atoms with E-state index in [0.717, 1.165) is 30.9 Å². The molecule has 0 aliphatic rings. The molecule has 1 N–H and O–H groups in total. The molecule has 1 heterocycles. The summed E-state index contributed by atoms with van der Waals surface area (Å²) >= 11 is 0. The van der Waals surface area contributed by atoms with Crippen LogP contribution in [0, 0.1) is 0 Å². The minimum Gasteiger partial charge on any atom is -0.472 e. The Morgan fingerprint density at radius 2 is 2.00 bits per heavy atom. The number of rotatable bonds is 6. The molecule has 0 saturated carbocycles. The molecule has 0 saturated heterocycles. The molecular weight excluding hydrogens is 214 g/mol. The van der Waals surface area contributed by atoms with Crippen molar-refractivity contribution < 1.29 is 4.74 Å². The summed E-state index contributed by atoms with van der Waals surface area (Å²) in [6, 6.07) is 1.84. The lowest BCUT2D eigenvalue weighted by atomic mass is 10.1. The molecule has 0 aromatic carbocycles. The Balaban J connectivity index is 2.94. The molecule has 96 valence electrons. The van der Waals surface area contributed by atoms with Crippen LogP contribution in [0.3, 0.4) is 0 Å². The summed E-state index contributed by atoms with van der Waals surface area (Å²) in [4.78, 5) is 8.83. The maximum atomic E-state index is 5.89. The Labute approximate surface area is 104 Å². The second kappa shape index (κ2) is 5.84. The van der Waals surface area contributed by atoms with Gasteiger partial charge in [0, 0.05) is 19.5 Å². The molecule has 1 aromatic heterocycles. The first kappa shape index (κ1) is 13.7. The van der Waals surface area contributed by atoms with Gasteiger partial charge in [0.05, 0.1) is 0 Å². The summed E-state index contributed by atoms with van der Waals surface area (Å²) in [7, 11) is 1.85. The Kier molecular flexibility index (Phi) is 4.73. The lowest BCUT2D eigenvalue weighted by Crippen LogP contribution is -2.27. The van der Waals surface area contributed by atoms with E-state index in [1.165, 1.54) is 0 Å². The Morgan fingerprint density at radius 1 is 1.29 bits per heavy atom. The van der Waals surface area contributed by atoms with Crippen molar-refractivity contribution in [3.63, 3.8) is 0 Å². The summed E-state index contributed by atoms with van der Waals surface area (Å²) in [5, 5.41) is 3.04. The van der Waals surface area contributed by atoms with E-state index in [1.54, 1.807) is 0 Å². The first-order valence-electron chi connectivity index (χ1n) is 6.25. The zero-order valence-electron chi connectivity index (χ0n) is 11.5. The monoisotopic (exact) mass is 237 g/mol. The zero-order valence-corrected chi connectivity index (χ0v) is 11.5. The van der Waals surface area contributed by atoms with Crippen molar-refractivity contribution in [2.75, 3.05) is 12.4 Å². The van der Waals surface area contributed by atoms with Gasteiger partial charge in [0.1, 0.15) is 17.2 Å². The normalized spacial score (nSPS) is 11.4. The van der Waals surface area contributed by atoms with Gasteiger partial charge in [0.15, 0.2) is 0 Å². The number of ether oxygens (including phenoxy) is 1. The molecule has 4 heteroatoms. The fourth-order valence-corrected chi connectivity index (χ4v) is 1.34. The minimum absolute atomic E-state index is 0.192. The van der Waals surface area contributed by atoms with Gasteiger partial charge in [-0.3, -0.25) is 0 Å². The topological polar surface area (TPSA) is 47.0 Å². The molecule has 0 amide bonds. The lowest BCUT2D eigenvalue weighted by Gasteiger charge is -2.24. The Hall–Kier alpha value is -1.32. The van der Waals surface area contributed by atoms with Crippen LogP contribution in [-0.2, 0) is 6.42 Å². The lowest BCUT2D eigenvalue weighted by molar-refractivity contribution is 0.0986. The van der Waals surface area contributed by atoms with Crippen LogP contribution in [0.15, 0.2) is 6.07 Å². The average Bonchev–Trinajstić information content (AvgIpc) is 2.28. The van der Waals surface area contributed by atoms with E-state index >= 15 is 0 Å². The second-order valence-corrected chi connectivity index (χ2v) is 4.72. The number of aromatic nitrogens is 2. The highest BCUT2D eigenvalue weighted by Crippen LogP contribution is 2.21. The van der Waals surface area contributed by atoms with Gasteiger partial charge >= 0.3 is 0 Å². The first-order valence-corrected chi connectivity index (χ1v) is 6.25. The average molecular weight is 237 g/mol. The van der Waals surface area contributed by atoms with E-state index in [1.807, 2.05) is 13.1 Å². The predicted octanol–water partition coefficient (Wildman–Crippen LogP) is 3.04. The maximum absolute atomic E-state index is 5.89. The molecule has 1 rings (SSSR count). The van der Waals surface area contributed by atoms with E-state index in [2.05, 4.69) is 43.0 Å². The fraction of sp³-hybridized carbons (Fsp3) is 0.692. The van der Waals surface area contributed by atoms with Gasteiger partial charge in [-0.2, -0.15) is 4.98 Å². The third-order valence-electron chi connectivity index (χ3n) is 2.71. The highest BCUT2D eigenvalue weighted by atomic mass is 16.5. The van der Waals surface area contributed by atoms with Crippen LogP contribution < -0.4 is 10.1 Å². The van der Waals surface area contributed by atoms with E-state index in [9.17, 15) is 0 Å². The van der Waals surface area contributed by atoms with Crippen LogP contribution in [0.5, 0.6) is 5.88 Å². The molecule has 0 atom stereocenters. The molecule has 4 nitrogen and oxygen atoms in total. The number of anilines is 1. The van der Waals surface area contributed by atoms with Gasteiger partial charge in [0.2, 0.25) is 5.88 Å². The second-order valence-electron chi connectivity index (χ2n) is 4.72. The number of hydrogen-bond donors (Lipinski definition) is 1. The third-order valence-corrected chi connectivity index (χ3v) is 2.71. The number of hydrogen-bond acceptors (Lipinski definition) is 4. The van der Waals surface area contributed by atoms with Crippen LogP contribution >= 0.6 is 0 Å². The van der Waals surface area contributed by atoms with Gasteiger partial charge in [-0.15, -0.1) is 0 Å². The van der Waals surface area contributed by atoms with Crippen molar-refractivity contribution >= 4 is 5.82 Å². The van der Waals surface area contributed by atoms with Crippen LogP contribution in [0.2, 0.25) is 0 Å². The highest BCUT2D eigenvalue weighted by molar-refractivity contribution is 5.37. The quantitative estimate of drug-likeness (QED) is 0.826. The molecule has 0 spiro atoms. The maximum Gasteiger partial charge on any atom is 0.219 e. The number of aryl methyl sites for hydroxylation is 1. The van der Waals surface area contributed by atoms with Crippen molar-refractivity contribution in [3.8, 4) is 5.88 Å². The van der Waals surface area contributed by atoms with E-state index in [0.29, 0.717) is 5.88 Å². The highest BCUT2D eigenvalue weighted by Gasteiger charge is 2.18. The van der Waals surface area contributed by atoms with E-state index in [4.69, 9.17) is 4.74 Å². The molecule has 0 unspecified atom stereocenters. The van der Waals surface area contributed by atoms with Gasteiger partial charge in [-0.25, -0.2) is 4.98 Å². The Morgan fingerprint density at radius 3 is 2.53 bits per heavy atom. The predicted molar refractivity (Wildman–Crippen MR) is 70.6 cm³/mol. The molecule has 0 aliphatic heterocycles. The number of nitrogens with one attached hydrogen (secondary N) is 1. The number of nitrogens with zero attached hydrogens (tertiary/aromatic N) is 2. The molecule has 0 fully saturated rings. The molecule has 17 heavy (non-hydrogen) atoms. The van der Waals surface area contributed by atoms with Crippen molar-refractivity contribution in [2.24, 2.45) is 0 Å². The smallest absolute Gasteiger partial charge is 0.219 e. The van der Waals surface area contributed by atoms with Crippen LogP contribution in [-0.4, -0.2) is 22.6 Å². The van der Waals surface area contributed by atoms with E-state index < -0.39 is 0 Å². The first-order chi connectivity index (χ1) is 8.00. The summed E-state index contributed by atoms with van der Waals surface area (Å²) in [6.07, 6.45) is 2.84. The van der Waals surface area contributed by atoms with Crippen molar-refractivity contribution in [1.82, 2.24) is 9.97 Å². The van der Waals surface area contributed by atoms with E-state index in [-0.39, 0.29) is 5.60 Å². The zero-order chi connectivity index (χ0) is 12.9. The van der Waals surface area contributed by atoms with Gasteiger partial charge in [-0.1, -0.05) is 13.8 Å². The van der Waals surface area contributed by atoms with Gasteiger partial charge in [0.25, 0.3) is 0 Å². The summed E-state index contributed by atoms with van der Waals surface area (Å²) in [5.41, 5.74) is -0.192. The standard InChI is InChI=1S/C13H23N3O/c1-6-8-10-15-11(14-5)9-12(16-10)17-13(3,4)7-2/h9H,6-8H2,1-5H3,(H,14,15,16). The molecule has 0 bridgehead atoms.